The molecule has 5 nitrogen and oxygen atoms in total. The zero-order valence-corrected chi connectivity index (χ0v) is 16.3. The fraction of sp³-hybridized carbons (Fsp3) is 0.476. The molecule has 1 aromatic rings. The average Bonchev–Trinajstić information content (AvgIpc) is 2.57. The molecule has 0 saturated heterocycles. The highest BCUT2D eigenvalue weighted by atomic mass is 16.6. The molecule has 0 spiro atoms. The molecule has 0 aliphatic carbocycles. The maximum absolute atomic E-state index is 12.1. The number of alkyl carbamates (subject to hydrolysis) is 1. The molecular weight excluding hydrogens is 330 g/mol. The first kappa shape index (κ1) is 21.9. The minimum Gasteiger partial charge on any atom is -0.444 e. The normalized spacial score (nSPS) is 13.5. The van der Waals surface area contributed by atoms with Crippen LogP contribution < -0.4 is 5.32 Å². The van der Waals surface area contributed by atoms with Gasteiger partial charge < -0.3 is 19.5 Å². The van der Waals surface area contributed by atoms with Gasteiger partial charge in [0, 0.05) is 0 Å². The first-order chi connectivity index (χ1) is 12.2. The number of carbonyl (C=O) groups excluding carboxylic acids is 1. The minimum absolute atomic E-state index is 0.262. The average molecular weight is 361 g/mol. The Hall–Kier alpha value is -2.11. The third-order valence-corrected chi connectivity index (χ3v) is 3.52. The second-order valence-corrected chi connectivity index (χ2v) is 7.04. The first-order valence-electron chi connectivity index (χ1n) is 8.75. The number of nitrogens with one attached hydrogen (secondary N) is 1. The molecule has 26 heavy (non-hydrogen) atoms. The predicted octanol–water partition coefficient (Wildman–Crippen LogP) is 4.24. The molecule has 1 unspecified atom stereocenters. The Labute approximate surface area is 157 Å². The van der Waals surface area contributed by atoms with Crippen molar-refractivity contribution in [1.82, 2.24) is 5.32 Å². The molecule has 1 N–H and O–H groups in total. The summed E-state index contributed by atoms with van der Waals surface area (Å²) in [5.41, 5.74) is 1.22. The van der Waals surface area contributed by atoms with Crippen LogP contribution in [0.2, 0.25) is 0 Å². The van der Waals surface area contributed by atoms with Crippen molar-refractivity contribution < 1.29 is 19.0 Å². The highest BCUT2D eigenvalue weighted by Gasteiger charge is 2.24. The third-order valence-electron chi connectivity index (χ3n) is 3.52. The zero-order valence-electron chi connectivity index (χ0n) is 16.3. The van der Waals surface area contributed by atoms with Gasteiger partial charge in [-0.3, -0.25) is 0 Å². The molecule has 1 aromatic carbocycles. The highest BCUT2D eigenvalue weighted by molar-refractivity contribution is 5.68. The lowest BCUT2D eigenvalue weighted by Gasteiger charge is -2.27. The van der Waals surface area contributed by atoms with Gasteiger partial charge in [0.05, 0.1) is 32.0 Å². The van der Waals surface area contributed by atoms with E-state index in [0.717, 1.165) is 11.1 Å². The number of ether oxygens (including phenoxy) is 3. The SMILES string of the molecule is C=CCOC[C@H](NC(=O)OC(C)(C)C)C(=C)C(C)OCc1ccccc1. The van der Waals surface area contributed by atoms with E-state index in [1.54, 1.807) is 6.08 Å². The fourth-order valence-electron chi connectivity index (χ4n) is 2.15. The Morgan fingerprint density at radius 2 is 1.92 bits per heavy atom. The second-order valence-electron chi connectivity index (χ2n) is 7.04. The largest absolute Gasteiger partial charge is 0.444 e. The van der Waals surface area contributed by atoms with Crippen molar-refractivity contribution in [3.63, 3.8) is 0 Å². The van der Waals surface area contributed by atoms with Crippen molar-refractivity contribution >= 4 is 6.09 Å². The number of benzene rings is 1. The van der Waals surface area contributed by atoms with E-state index in [-0.39, 0.29) is 12.7 Å². The van der Waals surface area contributed by atoms with Crippen LogP contribution in [0.15, 0.2) is 55.1 Å². The molecule has 2 atom stereocenters. The molecular formula is C21H31NO4. The Balaban J connectivity index is 2.65. The second kappa shape index (κ2) is 10.8. The summed E-state index contributed by atoms with van der Waals surface area (Å²) < 4.78 is 16.7. The highest BCUT2D eigenvalue weighted by Crippen LogP contribution is 2.14. The Morgan fingerprint density at radius 3 is 2.50 bits per heavy atom. The van der Waals surface area contributed by atoms with Gasteiger partial charge in [-0.15, -0.1) is 6.58 Å². The molecule has 0 heterocycles. The summed E-state index contributed by atoms with van der Waals surface area (Å²) in [6.45, 7) is 16.2. The third kappa shape index (κ3) is 8.83. The molecule has 5 heteroatoms. The predicted molar refractivity (Wildman–Crippen MR) is 104 cm³/mol. The van der Waals surface area contributed by atoms with Gasteiger partial charge in [-0.1, -0.05) is 43.0 Å². The van der Waals surface area contributed by atoms with Crippen LogP contribution in [0.5, 0.6) is 0 Å². The number of hydrogen-bond donors (Lipinski definition) is 1. The number of carbonyl (C=O) groups is 1. The standard InChI is InChI=1S/C21H31NO4/c1-7-13-24-15-19(22-20(23)26-21(4,5)6)16(2)17(3)25-14-18-11-9-8-10-12-18/h7-12,17,19H,1-2,13-15H2,3-6H3,(H,22,23)/t17?,19-/m0/s1. The van der Waals surface area contributed by atoms with Gasteiger partial charge in [-0.05, 0) is 38.8 Å². The molecule has 1 amide bonds. The molecule has 0 bridgehead atoms. The van der Waals surface area contributed by atoms with Crippen LogP contribution in [0.1, 0.15) is 33.3 Å². The van der Waals surface area contributed by atoms with Crippen LogP contribution in [0.3, 0.4) is 0 Å². The fourth-order valence-corrected chi connectivity index (χ4v) is 2.15. The Kier molecular flexibility index (Phi) is 9.10. The molecule has 1 rings (SSSR count). The lowest BCUT2D eigenvalue weighted by molar-refractivity contribution is 0.0417. The van der Waals surface area contributed by atoms with Crippen LogP contribution in [-0.4, -0.2) is 37.1 Å². The van der Waals surface area contributed by atoms with Crippen molar-refractivity contribution in [2.75, 3.05) is 13.2 Å². The van der Waals surface area contributed by atoms with Gasteiger partial charge in [-0.2, -0.15) is 0 Å². The monoisotopic (exact) mass is 361 g/mol. The Morgan fingerprint density at radius 1 is 1.27 bits per heavy atom. The maximum Gasteiger partial charge on any atom is 0.408 e. The van der Waals surface area contributed by atoms with Gasteiger partial charge in [0.1, 0.15) is 5.60 Å². The summed E-state index contributed by atoms with van der Waals surface area (Å²) in [6.07, 6.45) is 0.881. The maximum atomic E-state index is 12.1. The molecule has 0 fully saturated rings. The van der Waals surface area contributed by atoms with E-state index in [1.165, 1.54) is 0 Å². The van der Waals surface area contributed by atoms with Crippen molar-refractivity contribution in [1.29, 1.82) is 0 Å². The van der Waals surface area contributed by atoms with Gasteiger partial charge in [0.15, 0.2) is 0 Å². The summed E-state index contributed by atoms with van der Waals surface area (Å²) in [4.78, 5) is 12.1. The van der Waals surface area contributed by atoms with Crippen LogP contribution in [0, 0.1) is 0 Å². The van der Waals surface area contributed by atoms with Crippen LogP contribution in [-0.2, 0) is 20.8 Å². The quantitative estimate of drug-likeness (QED) is 0.500. The minimum atomic E-state index is -0.576. The van der Waals surface area contributed by atoms with Crippen molar-refractivity contribution in [2.24, 2.45) is 0 Å². The van der Waals surface area contributed by atoms with E-state index in [1.807, 2.05) is 58.0 Å². The summed E-state index contributed by atoms with van der Waals surface area (Å²) in [6, 6.07) is 9.47. The van der Waals surface area contributed by atoms with E-state index in [0.29, 0.717) is 13.2 Å². The van der Waals surface area contributed by atoms with Crippen molar-refractivity contribution in [3.8, 4) is 0 Å². The summed E-state index contributed by atoms with van der Waals surface area (Å²) in [7, 11) is 0. The number of rotatable bonds is 10. The first-order valence-corrected chi connectivity index (χ1v) is 8.75. The van der Waals surface area contributed by atoms with E-state index >= 15 is 0 Å². The van der Waals surface area contributed by atoms with E-state index in [2.05, 4.69) is 18.5 Å². The van der Waals surface area contributed by atoms with E-state index in [9.17, 15) is 4.79 Å². The van der Waals surface area contributed by atoms with Crippen molar-refractivity contribution in [2.45, 2.75) is 52.0 Å². The smallest absolute Gasteiger partial charge is 0.408 e. The molecule has 0 saturated carbocycles. The van der Waals surface area contributed by atoms with Crippen LogP contribution in [0.25, 0.3) is 0 Å². The Bertz CT molecular complexity index is 577. The molecule has 0 aliphatic rings. The number of hydrogen-bond acceptors (Lipinski definition) is 4. The topological polar surface area (TPSA) is 56.8 Å². The lowest BCUT2D eigenvalue weighted by Crippen LogP contribution is -2.44. The molecule has 0 aliphatic heterocycles. The van der Waals surface area contributed by atoms with Gasteiger partial charge in [0.2, 0.25) is 0 Å². The zero-order chi connectivity index (χ0) is 19.6. The molecule has 144 valence electrons. The lowest BCUT2D eigenvalue weighted by atomic mass is 10.0. The van der Waals surface area contributed by atoms with E-state index in [4.69, 9.17) is 14.2 Å². The van der Waals surface area contributed by atoms with Crippen LogP contribution >= 0.6 is 0 Å². The van der Waals surface area contributed by atoms with E-state index < -0.39 is 17.7 Å². The molecule has 0 radical (unpaired) electrons. The summed E-state index contributed by atoms with van der Waals surface area (Å²) >= 11 is 0. The summed E-state index contributed by atoms with van der Waals surface area (Å²) in [5, 5.41) is 2.81. The molecule has 0 aromatic heterocycles. The van der Waals surface area contributed by atoms with Crippen molar-refractivity contribution in [3.05, 3.63) is 60.7 Å². The summed E-state index contributed by atoms with van der Waals surface area (Å²) in [5.74, 6) is 0. The van der Waals surface area contributed by atoms with Crippen LogP contribution in [0.4, 0.5) is 4.79 Å². The number of amides is 1. The van der Waals surface area contributed by atoms with Gasteiger partial charge in [-0.25, -0.2) is 4.79 Å². The van der Waals surface area contributed by atoms with Gasteiger partial charge >= 0.3 is 6.09 Å². The van der Waals surface area contributed by atoms with Gasteiger partial charge in [0.25, 0.3) is 0 Å².